The molecule has 4 nitrogen and oxygen atoms in total. The van der Waals surface area contributed by atoms with Crippen molar-refractivity contribution < 1.29 is 13.2 Å². The Morgan fingerprint density at radius 2 is 1.38 bits per heavy atom. The molecular weight excluding hydrogens is 322 g/mol. The summed E-state index contributed by atoms with van der Waals surface area (Å²) in [4.78, 5) is 2.01. The lowest BCUT2D eigenvalue weighted by Crippen LogP contribution is -2.23. The molecule has 0 bridgehead atoms. The predicted octanol–water partition coefficient (Wildman–Crippen LogP) is 2.77. The third-order valence-corrected chi connectivity index (χ3v) is 5.76. The van der Waals surface area contributed by atoms with E-state index in [0.29, 0.717) is 6.61 Å². The van der Waals surface area contributed by atoms with E-state index in [1.807, 2.05) is 79.7 Å². The van der Waals surface area contributed by atoms with Crippen LogP contribution < -0.4 is 0 Å². The Bertz CT molecular complexity index is 660. The highest BCUT2D eigenvalue weighted by Crippen LogP contribution is 2.30. The number of benzene rings is 2. The zero-order valence-corrected chi connectivity index (χ0v) is 15.1. The van der Waals surface area contributed by atoms with Gasteiger partial charge in [-0.1, -0.05) is 60.7 Å². The molecule has 0 spiro atoms. The third kappa shape index (κ3) is 5.44. The summed E-state index contributed by atoms with van der Waals surface area (Å²) in [5.41, 5.74) is 1.58. The van der Waals surface area contributed by atoms with Crippen molar-refractivity contribution in [2.24, 2.45) is 0 Å². The van der Waals surface area contributed by atoms with Gasteiger partial charge < -0.3 is 9.64 Å². The summed E-state index contributed by atoms with van der Waals surface area (Å²) in [5, 5.41) is -0.655. The van der Waals surface area contributed by atoms with Gasteiger partial charge in [0, 0.05) is 6.54 Å². The molecule has 0 unspecified atom stereocenters. The van der Waals surface area contributed by atoms with E-state index in [0.717, 1.165) is 17.7 Å². The van der Waals surface area contributed by atoms with Crippen LogP contribution in [0, 0.1) is 0 Å². The molecule has 2 aromatic rings. The van der Waals surface area contributed by atoms with Crippen LogP contribution in [0.25, 0.3) is 0 Å². The predicted molar refractivity (Wildman–Crippen MR) is 97.9 cm³/mol. The van der Waals surface area contributed by atoms with Crippen molar-refractivity contribution in [3.8, 4) is 0 Å². The summed E-state index contributed by atoms with van der Waals surface area (Å²) in [6.07, 6.45) is 0. The largest absolute Gasteiger partial charge is 0.379 e. The first-order valence-corrected chi connectivity index (χ1v) is 9.76. The zero-order chi connectivity index (χ0) is 17.4. The van der Waals surface area contributed by atoms with Gasteiger partial charge in [-0.15, -0.1) is 0 Å². The van der Waals surface area contributed by atoms with Gasteiger partial charge in [0.25, 0.3) is 0 Å². The first-order chi connectivity index (χ1) is 11.5. The zero-order valence-electron chi connectivity index (χ0n) is 14.3. The summed E-state index contributed by atoms with van der Waals surface area (Å²) in [6, 6.07) is 18.7. The molecule has 2 rings (SSSR count). The smallest absolute Gasteiger partial charge is 0.163 e. The molecule has 0 amide bonds. The van der Waals surface area contributed by atoms with Crippen molar-refractivity contribution in [2.45, 2.75) is 5.25 Å². The van der Waals surface area contributed by atoms with Gasteiger partial charge in [-0.25, -0.2) is 8.42 Å². The van der Waals surface area contributed by atoms with E-state index in [9.17, 15) is 8.42 Å². The van der Waals surface area contributed by atoms with Gasteiger partial charge in [0.2, 0.25) is 0 Å². The molecule has 2 aromatic carbocycles. The van der Waals surface area contributed by atoms with E-state index >= 15 is 0 Å². The topological polar surface area (TPSA) is 46.6 Å². The Balaban J connectivity index is 2.14. The van der Waals surface area contributed by atoms with Crippen molar-refractivity contribution >= 4 is 9.84 Å². The average molecular weight is 347 g/mol. The highest BCUT2D eigenvalue weighted by atomic mass is 32.2. The fourth-order valence-corrected chi connectivity index (χ4v) is 4.23. The van der Waals surface area contributed by atoms with Crippen LogP contribution >= 0.6 is 0 Å². The van der Waals surface area contributed by atoms with Crippen molar-refractivity contribution in [3.05, 3.63) is 71.8 Å². The second-order valence-corrected chi connectivity index (χ2v) is 8.19. The molecule has 0 aromatic heterocycles. The molecule has 0 aliphatic rings. The molecule has 0 fully saturated rings. The Kier molecular flexibility index (Phi) is 6.97. The molecule has 130 valence electrons. The number of likely N-dealkylation sites (N-methyl/N-ethyl adjacent to an activating group) is 1. The summed E-state index contributed by atoms with van der Waals surface area (Å²) < 4.78 is 31.4. The van der Waals surface area contributed by atoms with E-state index in [2.05, 4.69) is 0 Å². The molecular formula is C19H25NO3S. The standard InChI is InChI=1S/C19H25NO3S/c1-20(2)13-14-23-15-16-24(21,22)19(17-9-5-3-6-10-17)18-11-7-4-8-12-18/h3-12,19H,13-16H2,1-2H3. The molecule has 0 radical (unpaired) electrons. The normalized spacial score (nSPS) is 12.0. The first-order valence-electron chi connectivity index (χ1n) is 8.04. The van der Waals surface area contributed by atoms with Crippen LogP contribution in [0.4, 0.5) is 0 Å². The van der Waals surface area contributed by atoms with Crippen LogP contribution in [0.5, 0.6) is 0 Å². The number of hydrogen-bond donors (Lipinski definition) is 0. The maximum atomic E-state index is 12.9. The van der Waals surface area contributed by atoms with E-state index in [-0.39, 0.29) is 12.4 Å². The molecule has 0 saturated heterocycles. The lowest BCUT2D eigenvalue weighted by molar-refractivity contribution is 0.130. The third-order valence-electron chi connectivity index (χ3n) is 3.76. The number of rotatable bonds is 9. The monoisotopic (exact) mass is 347 g/mol. The van der Waals surface area contributed by atoms with E-state index in [4.69, 9.17) is 4.74 Å². The molecule has 0 aliphatic heterocycles. The highest BCUT2D eigenvalue weighted by Gasteiger charge is 2.28. The van der Waals surface area contributed by atoms with Crippen LogP contribution in [0.1, 0.15) is 16.4 Å². The molecule has 24 heavy (non-hydrogen) atoms. The van der Waals surface area contributed by atoms with E-state index < -0.39 is 15.1 Å². The molecule has 0 N–H and O–H groups in total. The number of ether oxygens (including phenoxy) is 1. The fourth-order valence-electron chi connectivity index (χ4n) is 2.50. The van der Waals surface area contributed by atoms with Gasteiger partial charge >= 0.3 is 0 Å². The Hall–Kier alpha value is -1.69. The van der Waals surface area contributed by atoms with Crippen LogP contribution in [0.15, 0.2) is 60.7 Å². The lowest BCUT2D eigenvalue weighted by Gasteiger charge is -2.19. The summed E-state index contributed by atoms with van der Waals surface area (Å²) >= 11 is 0. The summed E-state index contributed by atoms with van der Waals surface area (Å²) in [5.74, 6) is 0.00881. The Morgan fingerprint density at radius 1 is 0.875 bits per heavy atom. The van der Waals surface area contributed by atoms with Gasteiger partial charge in [-0.2, -0.15) is 0 Å². The summed E-state index contributed by atoms with van der Waals surface area (Å²) in [7, 11) is 0.551. The van der Waals surface area contributed by atoms with Crippen molar-refractivity contribution in [1.82, 2.24) is 4.90 Å². The second-order valence-electron chi connectivity index (χ2n) is 5.98. The van der Waals surface area contributed by atoms with E-state index in [1.165, 1.54) is 0 Å². The molecule has 0 saturated carbocycles. The Morgan fingerprint density at radius 3 is 1.83 bits per heavy atom. The molecule has 0 heterocycles. The van der Waals surface area contributed by atoms with Gasteiger partial charge in [0.15, 0.2) is 9.84 Å². The molecule has 5 heteroatoms. The lowest BCUT2D eigenvalue weighted by atomic mass is 10.0. The van der Waals surface area contributed by atoms with Crippen LogP contribution in [-0.2, 0) is 14.6 Å². The first kappa shape index (κ1) is 18.6. The second kappa shape index (κ2) is 8.97. The van der Waals surface area contributed by atoms with Gasteiger partial charge in [0.1, 0.15) is 5.25 Å². The fraction of sp³-hybridized carbons (Fsp3) is 0.368. The number of nitrogens with zero attached hydrogens (tertiary/aromatic N) is 1. The number of hydrogen-bond acceptors (Lipinski definition) is 4. The van der Waals surface area contributed by atoms with Gasteiger partial charge in [-0.05, 0) is 25.2 Å². The van der Waals surface area contributed by atoms with Gasteiger partial charge in [0.05, 0.1) is 19.0 Å². The van der Waals surface area contributed by atoms with Crippen LogP contribution in [0.2, 0.25) is 0 Å². The SMILES string of the molecule is CN(C)CCOCCS(=O)(=O)C(c1ccccc1)c1ccccc1. The van der Waals surface area contributed by atoms with Gasteiger partial charge in [-0.3, -0.25) is 0 Å². The summed E-state index contributed by atoms with van der Waals surface area (Å²) in [6.45, 7) is 1.52. The quantitative estimate of drug-likeness (QED) is 0.655. The minimum Gasteiger partial charge on any atom is -0.379 e. The number of sulfone groups is 1. The Labute approximate surface area is 145 Å². The minimum atomic E-state index is -3.37. The van der Waals surface area contributed by atoms with E-state index in [1.54, 1.807) is 0 Å². The van der Waals surface area contributed by atoms with Crippen LogP contribution in [0.3, 0.4) is 0 Å². The van der Waals surface area contributed by atoms with Crippen LogP contribution in [-0.4, -0.2) is 52.9 Å². The molecule has 0 aliphatic carbocycles. The van der Waals surface area contributed by atoms with Crippen molar-refractivity contribution in [1.29, 1.82) is 0 Å². The van der Waals surface area contributed by atoms with Crippen molar-refractivity contribution in [2.75, 3.05) is 39.6 Å². The minimum absolute atomic E-state index is 0.00881. The molecule has 0 atom stereocenters. The highest BCUT2D eigenvalue weighted by molar-refractivity contribution is 7.91. The van der Waals surface area contributed by atoms with Crippen molar-refractivity contribution in [3.63, 3.8) is 0 Å². The maximum Gasteiger partial charge on any atom is 0.163 e. The maximum absolute atomic E-state index is 12.9. The average Bonchev–Trinajstić information content (AvgIpc) is 2.56.